The van der Waals surface area contributed by atoms with Crippen LogP contribution in [-0.4, -0.2) is 23.9 Å². The zero-order chi connectivity index (χ0) is 12.7. The van der Waals surface area contributed by atoms with Gasteiger partial charge in [-0.1, -0.05) is 32.0 Å². The van der Waals surface area contributed by atoms with E-state index in [0.717, 1.165) is 12.2 Å². The standard InChI is InChI=1S/C14H16N2O2/c1-8(2)12-14(17)16-13(15-12)11-7-9-5-3-4-6-10(9)18-11/h3-6,8,11-12H,7H2,1-2H3,(H,15,16,17). The molecule has 0 saturated carbocycles. The van der Waals surface area contributed by atoms with Gasteiger partial charge in [-0.15, -0.1) is 0 Å². The van der Waals surface area contributed by atoms with E-state index in [2.05, 4.69) is 10.3 Å². The maximum atomic E-state index is 11.8. The van der Waals surface area contributed by atoms with Gasteiger partial charge < -0.3 is 10.1 Å². The van der Waals surface area contributed by atoms with Crippen LogP contribution >= 0.6 is 0 Å². The number of nitrogens with one attached hydrogen (secondary N) is 1. The molecular weight excluding hydrogens is 228 g/mol. The molecule has 1 N–H and O–H groups in total. The van der Waals surface area contributed by atoms with Crippen molar-refractivity contribution in [3.63, 3.8) is 0 Å². The van der Waals surface area contributed by atoms with Gasteiger partial charge in [-0.05, 0) is 17.5 Å². The molecule has 1 amide bonds. The normalized spacial score (nSPS) is 25.7. The summed E-state index contributed by atoms with van der Waals surface area (Å²) in [6.07, 6.45) is 0.634. The molecule has 0 radical (unpaired) electrons. The summed E-state index contributed by atoms with van der Waals surface area (Å²) in [5.74, 6) is 1.77. The van der Waals surface area contributed by atoms with Crippen molar-refractivity contribution in [2.75, 3.05) is 0 Å². The highest BCUT2D eigenvalue weighted by Gasteiger charge is 2.36. The van der Waals surface area contributed by atoms with Gasteiger partial charge in [0.15, 0.2) is 6.10 Å². The van der Waals surface area contributed by atoms with E-state index < -0.39 is 0 Å². The van der Waals surface area contributed by atoms with Gasteiger partial charge in [-0.2, -0.15) is 0 Å². The lowest BCUT2D eigenvalue weighted by Crippen LogP contribution is -2.38. The van der Waals surface area contributed by atoms with E-state index >= 15 is 0 Å². The van der Waals surface area contributed by atoms with Crippen LogP contribution in [0.3, 0.4) is 0 Å². The zero-order valence-electron chi connectivity index (χ0n) is 10.5. The smallest absolute Gasteiger partial charge is 0.250 e. The fourth-order valence-electron chi connectivity index (χ4n) is 2.39. The van der Waals surface area contributed by atoms with Crippen molar-refractivity contribution in [1.82, 2.24) is 5.32 Å². The topological polar surface area (TPSA) is 50.7 Å². The number of rotatable bonds is 2. The van der Waals surface area contributed by atoms with Gasteiger partial charge in [0.1, 0.15) is 17.6 Å². The van der Waals surface area contributed by atoms with Crippen LogP contribution in [0.4, 0.5) is 0 Å². The highest BCUT2D eigenvalue weighted by Crippen LogP contribution is 2.29. The van der Waals surface area contributed by atoms with Gasteiger partial charge in [0.05, 0.1) is 0 Å². The first-order valence-corrected chi connectivity index (χ1v) is 6.28. The Bertz CT molecular complexity index is 497. The van der Waals surface area contributed by atoms with Gasteiger partial charge >= 0.3 is 0 Å². The molecule has 0 aromatic heterocycles. The molecule has 0 fully saturated rings. The van der Waals surface area contributed by atoms with Crippen molar-refractivity contribution in [2.24, 2.45) is 10.9 Å². The van der Waals surface area contributed by atoms with Crippen LogP contribution in [0.1, 0.15) is 19.4 Å². The Hall–Kier alpha value is -1.84. The number of carbonyl (C=O) groups excluding carboxylic acids is 1. The predicted octanol–water partition coefficient (Wildman–Crippen LogP) is 1.54. The Morgan fingerprint density at radius 1 is 1.39 bits per heavy atom. The zero-order valence-corrected chi connectivity index (χ0v) is 10.5. The summed E-state index contributed by atoms with van der Waals surface area (Å²) in [6.45, 7) is 4.00. The number of hydrogen-bond acceptors (Lipinski definition) is 3. The highest BCUT2D eigenvalue weighted by atomic mass is 16.5. The third-order valence-electron chi connectivity index (χ3n) is 3.38. The van der Waals surface area contributed by atoms with E-state index in [1.165, 1.54) is 5.56 Å². The first-order valence-electron chi connectivity index (χ1n) is 6.28. The number of amidine groups is 1. The molecule has 2 heterocycles. The molecule has 2 atom stereocenters. The van der Waals surface area contributed by atoms with Gasteiger partial charge in [0.2, 0.25) is 0 Å². The number of benzene rings is 1. The quantitative estimate of drug-likeness (QED) is 0.858. The summed E-state index contributed by atoms with van der Waals surface area (Å²) in [5.41, 5.74) is 1.17. The number of amides is 1. The van der Waals surface area contributed by atoms with Crippen LogP contribution in [0.2, 0.25) is 0 Å². The van der Waals surface area contributed by atoms with E-state index in [-0.39, 0.29) is 24.0 Å². The predicted molar refractivity (Wildman–Crippen MR) is 68.8 cm³/mol. The van der Waals surface area contributed by atoms with Crippen molar-refractivity contribution in [1.29, 1.82) is 0 Å². The van der Waals surface area contributed by atoms with Gasteiger partial charge in [0.25, 0.3) is 5.91 Å². The average molecular weight is 244 g/mol. The molecule has 2 aliphatic heterocycles. The molecule has 3 rings (SSSR count). The molecule has 0 aliphatic carbocycles. The molecule has 4 nitrogen and oxygen atoms in total. The second kappa shape index (κ2) is 4.12. The van der Waals surface area contributed by atoms with E-state index in [9.17, 15) is 4.79 Å². The minimum Gasteiger partial charge on any atom is -0.482 e. The average Bonchev–Trinajstić information content (AvgIpc) is 2.91. The summed E-state index contributed by atoms with van der Waals surface area (Å²) in [4.78, 5) is 16.2. The van der Waals surface area contributed by atoms with Crippen molar-refractivity contribution in [3.8, 4) is 5.75 Å². The minimum atomic E-state index is -0.271. The number of nitrogens with zero attached hydrogens (tertiary/aromatic N) is 1. The van der Waals surface area contributed by atoms with E-state index in [1.807, 2.05) is 38.1 Å². The van der Waals surface area contributed by atoms with Gasteiger partial charge in [0, 0.05) is 6.42 Å². The van der Waals surface area contributed by atoms with Crippen molar-refractivity contribution in [3.05, 3.63) is 29.8 Å². The molecule has 1 aromatic rings. The van der Waals surface area contributed by atoms with Crippen LogP contribution in [0.15, 0.2) is 29.3 Å². The fourth-order valence-corrected chi connectivity index (χ4v) is 2.39. The Kier molecular flexibility index (Phi) is 2.58. The minimum absolute atomic E-state index is 0.0143. The first kappa shape index (κ1) is 11.3. The van der Waals surface area contributed by atoms with Crippen molar-refractivity contribution in [2.45, 2.75) is 32.4 Å². The maximum Gasteiger partial charge on any atom is 0.250 e. The van der Waals surface area contributed by atoms with Crippen LogP contribution in [0.25, 0.3) is 0 Å². The van der Waals surface area contributed by atoms with Crippen LogP contribution in [0.5, 0.6) is 5.75 Å². The van der Waals surface area contributed by atoms with E-state index in [4.69, 9.17) is 4.74 Å². The second-order valence-corrected chi connectivity index (χ2v) is 5.11. The molecule has 4 heteroatoms. The highest BCUT2D eigenvalue weighted by molar-refractivity contribution is 6.08. The van der Waals surface area contributed by atoms with Crippen LogP contribution in [0, 0.1) is 5.92 Å². The van der Waals surface area contributed by atoms with E-state index in [0.29, 0.717) is 5.84 Å². The molecule has 0 spiro atoms. The molecule has 2 unspecified atom stereocenters. The molecule has 0 bridgehead atoms. The number of ether oxygens (including phenoxy) is 1. The first-order chi connectivity index (χ1) is 8.65. The Morgan fingerprint density at radius 2 is 2.17 bits per heavy atom. The summed E-state index contributed by atoms with van der Waals surface area (Å²) >= 11 is 0. The number of hydrogen-bond donors (Lipinski definition) is 1. The number of carbonyl (C=O) groups is 1. The third-order valence-corrected chi connectivity index (χ3v) is 3.38. The summed E-state index contributed by atoms with van der Waals surface area (Å²) in [6, 6.07) is 7.68. The molecule has 2 aliphatic rings. The van der Waals surface area contributed by atoms with Crippen molar-refractivity contribution >= 4 is 11.7 Å². The van der Waals surface area contributed by atoms with E-state index in [1.54, 1.807) is 0 Å². The van der Waals surface area contributed by atoms with Crippen LogP contribution in [-0.2, 0) is 11.2 Å². The van der Waals surface area contributed by atoms with Gasteiger partial charge in [-0.25, -0.2) is 0 Å². The monoisotopic (exact) mass is 244 g/mol. The lowest BCUT2D eigenvalue weighted by molar-refractivity contribution is -0.120. The molecule has 94 valence electrons. The lowest BCUT2D eigenvalue weighted by atomic mass is 10.1. The lowest BCUT2D eigenvalue weighted by Gasteiger charge is -2.09. The SMILES string of the molecule is CC(C)C1N=C(C2Cc3ccccc3O2)NC1=O. The summed E-state index contributed by atoms with van der Waals surface area (Å²) in [7, 11) is 0. The number of fused-ring (bicyclic) bond motifs is 1. The summed E-state index contributed by atoms with van der Waals surface area (Å²) in [5, 5.41) is 2.85. The largest absolute Gasteiger partial charge is 0.482 e. The Labute approximate surface area is 106 Å². The number of aliphatic imine (C=N–C) groups is 1. The van der Waals surface area contributed by atoms with Gasteiger partial charge in [-0.3, -0.25) is 9.79 Å². The Morgan fingerprint density at radius 3 is 2.83 bits per heavy atom. The van der Waals surface area contributed by atoms with Crippen LogP contribution < -0.4 is 10.1 Å². The maximum absolute atomic E-state index is 11.8. The van der Waals surface area contributed by atoms with Crippen molar-refractivity contribution < 1.29 is 9.53 Å². The molecular formula is C14H16N2O2. The number of para-hydroxylation sites is 1. The fraction of sp³-hybridized carbons (Fsp3) is 0.429. The third kappa shape index (κ3) is 1.78. The summed E-state index contributed by atoms with van der Waals surface area (Å²) < 4.78 is 5.82. The second-order valence-electron chi connectivity index (χ2n) is 5.11. The molecule has 0 saturated heterocycles. The molecule has 1 aromatic carbocycles. The molecule has 18 heavy (non-hydrogen) atoms. The Balaban J connectivity index is 1.80.